The molecule has 2 aliphatic rings. The van der Waals surface area contributed by atoms with Gasteiger partial charge in [-0.2, -0.15) is 0 Å². The average Bonchev–Trinajstić information content (AvgIpc) is 3.06. The summed E-state index contributed by atoms with van der Waals surface area (Å²) in [6, 6.07) is 10.2. The third-order valence-electron chi connectivity index (χ3n) is 3.64. The van der Waals surface area contributed by atoms with Gasteiger partial charge in [-0.3, -0.25) is 0 Å². The maximum atomic E-state index is 10.8. The van der Waals surface area contributed by atoms with Crippen molar-refractivity contribution in [2.45, 2.75) is 31.3 Å². The molecule has 1 heteroatoms. The van der Waals surface area contributed by atoms with Crippen LogP contribution in [0, 0.1) is 11.8 Å². The number of aliphatic hydroxyl groups is 1. The average molecular weight is 188 g/mol. The first-order valence-corrected chi connectivity index (χ1v) is 5.59. The minimum Gasteiger partial charge on any atom is -0.385 e. The lowest BCUT2D eigenvalue weighted by Gasteiger charge is -2.28. The Hall–Kier alpha value is -0.820. The third kappa shape index (κ3) is 1.19. The van der Waals surface area contributed by atoms with E-state index >= 15 is 0 Å². The molecule has 74 valence electrons. The summed E-state index contributed by atoms with van der Waals surface area (Å²) in [6.45, 7) is 0. The Labute approximate surface area is 84.8 Å². The van der Waals surface area contributed by atoms with Crippen molar-refractivity contribution in [1.82, 2.24) is 0 Å². The Morgan fingerprint density at radius 2 is 1.43 bits per heavy atom. The molecule has 0 amide bonds. The second kappa shape index (κ2) is 2.83. The van der Waals surface area contributed by atoms with Crippen LogP contribution in [-0.2, 0) is 5.60 Å². The summed E-state index contributed by atoms with van der Waals surface area (Å²) in [7, 11) is 0. The summed E-state index contributed by atoms with van der Waals surface area (Å²) in [5.74, 6) is 1.08. The SMILES string of the molecule is OC(c1ccccc1)(C1CC1)C1CC1. The lowest BCUT2D eigenvalue weighted by molar-refractivity contribution is -0.0102. The highest BCUT2D eigenvalue weighted by Crippen LogP contribution is 2.57. The summed E-state index contributed by atoms with van der Waals surface area (Å²) in [5.41, 5.74) is 0.659. The standard InChI is InChI=1S/C13H16O/c14-13(11-6-7-11,12-8-9-12)10-4-2-1-3-5-10/h1-5,11-12,14H,6-9H2. The Kier molecular flexibility index (Phi) is 1.72. The van der Waals surface area contributed by atoms with Gasteiger partial charge in [-0.05, 0) is 43.1 Å². The van der Waals surface area contributed by atoms with Crippen LogP contribution < -0.4 is 0 Å². The highest BCUT2D eigenvalue weighted by atomic mass is 16.3. The Balaban J connectivity index is 1.98. The van der Waals surface area contributed by atoms with Gasteiger partial charge in [0.05, 0.1) is 5.60 Å². The number of rotatable bonds is 3. The third-order valence-corrected chi connectivity index (χ3v) is 3.64. The predicted octanol–water partition coefficient (Wildman–Crippen LogP) is 2.69. The molecule has 1 nitrogen and oxygen atoms in total. The van der Waals surface area contributed by atoms with E-state index in [0.717, 1.165) is 5.56 Å². The van der Waals surface area contributed by atoms with Crippen molar-refractivity contribution in [1.29, 1.82) is 0 Å². The van der Waals surface area contributed by atoms with Gasteiger partial charge in [0.1, 0.15) is 0 Å². The summed E-state index contributed by atoms with van der Waals surface area (Å²) in [6.07, 6.45) is 4.84. The zero-order valence-corrected chi connectivity index (χ0v) is 8.32. The molecule has 0 radical (unpaired) electrons. The van der Waals surface area contributed by atoms with E-state index in [1.807, 2.05) is 18.2 Å². The Morgan fingerprint density at radius 3 is 1.86 bits per heavy atom. The number of hydrogen-bond donors (Lipinski definition) is 1. The van der Waals surface area contributed by atoms with Gasteiger partial charge >= 0.3 is 0 Å². The Morgan fingerprint density at radius 1 is 0.929 bits per heavy atom. The molecule has 2 aliphatic carbocycles. The van der Waals surface area contributed by atoms with Crippen LogP contribution in [-0.4, -0.2) is 5.11 Å². The summed E-state index contributed by atoms with van der Waals surface area (Å²) < 4.78 is 0. The highest BCUT2D eigenvalue weighted by Gasteiger charge is 2.53. The fourth-order valence-electron chi connectivity index (χ4n) is 2.56. The first-order valence-electron chi connectivity index (χ1n) is 5.59. The molecule has 0 saturated heterocycles. The molecular formula is C13H16O. The van der Waals surface area contributed by atoms with Crippen molar-refractivity contribution in [2.24, 2.45) is 11.8 Å². The molecule has 0 aliphatic heterocycles. The van der Waals surface area contributed by atoms with E-state index in [1.165, 1.54) is 25.7 Å². The predicted molar refractivity (Wildman–Crippen MR) is 55.8 cm³/mol. The van der Waals surface area contributed by atoms with Gasteiger partial charge in [0.25, 0.3) is 0 Å². The van der Waals surface area contributed by atoms with Crippen LogP contribution in [0.15, 0.2) is 30.3 Å². The maximum Gasteiger partial charge on any atom is 0.0952 e. The summed E-state index contributed by atoms with van der Waals surface area (Å²) in [4.78, 5) is 0. The van der Waals surface area contributed by atoms with Crippen LogP contribution in [0.25, 0.3) is 0 Å². The van der Waals surface area contributed by atoms with Crippen molar-refractivity contribution in [3.8, 4) is 0 Å². The molecule has 0 unspecified atom stereocenters. The summed E-state index contributed by atoms with van der Waals surface area (Å²) >= 11 is 0. The first kappa shape index (κ1) is 8.49. The van der Waals surface area contributed by atoms with Gasteiger partial charge in [0.15, 0.2) is 0 Å². The topological polar surface area (TPSA) is 20.2 Å². The molecule has 3 rings (SSSR count). The van der Waals surface area contributed by atoms with Crippen LogP contribution in [0.4, 0.5) is 0 Å². The van der Waals surface area contributed by atoms with E-state index in [4.69, 9.17) is 0 Å². The lowest BCUT2D eigenvalue weighted by Crippen LogP contribution is -2.30. The quantitative estimate of drug-likeness (QED) is 0.773. The molecule has 0 bridgehead atoms. The number of benzene rings is 1. The van der Waals surface area contributed by atoms with E-state index in [9.17, 15) is 5.11 Å². The zero-order valence-electron chi connectivity index (χ0n) is 8.32. The van der Waals surface area contributed by atoms with Crippen LogP contribution in [0.1, 0.15) is 31.2 Å². The van der Waals surface area contributed by atoms with Crippen molar-refractivity contribution < 1.29 is 5.11 Å². The second-order valence-corrected chi connectivity index (χ2v) is 4.74. The van der Waals surface area contributed by atoms with Crippen molar-refractivity contribution in [3.63, 3.8) is 0 Å². The largest absolute Gasteiger partial charge is 0.385 e. The smallest absolute Gasteiger partial charge is 0.0952 e. The molecule has 0 atom stereocenters. The normalized spacial score (nSPS) is 22.4. The van der Waals surface area contributed by atoms with Gasteiger partial charge in [-0.25, -0.2) is 0 Å². The van der Waals surface area contributed by atoms with Gasteiger partial charge in [-0.1, -0.05) is 30.3 Å². The lowest BCUT2D eigenvalue weighted by atomic mass is 9.84. The van der Waals surface area contributed by atoms with Gasteiger partial charge in [0.2, 0.25) is 0 Å². The van der Waals surface area contributed by atoms with E-state index < -0.39 is 5.60 Å². The monoisotopic (exact) mass is 188 g/mol. The molecule has 2 saturated carbocycles. The van der Waals surface area contributed by atoms with Gasteiger partial charge < -0.3 is 5.11 Å². The van der Waals surface area contributed by atoms with Gasteiger partial charge in [0, 0.05) is 0 Å². The van der Waals surface area contributed by atoms with E-state index in [0.29, 0.717) is 11.8 Å². The molecule has 0 spiro atoms. The van der Waals surface area contributed by atoms with E-state index in [1.54, 1.807) is 0 Å². The van der Waals surface area contributed by atoms with Crippen LogP contribution >= 0.6 is 0 Å². The molecule has 1 aromatic rings. The van der Waals surface area contributed by atoms with Crippen LogP contribution in [0.2, 0.25) is 0 Å². The highest BCUT2D eigenvalue weighted by molar-refractivity contribution is 5.27. The number of hydrogen-bond acceptors (Lipinski definition) is 1. The van der Waals surface area contributed by atoms with Crippen LogP contribution in [0.3, 0.4) is 0 Å². The van der Waals surface area contributed by atoms with Crippen molar-refractivity contribution in [2.75, 3.05) is 0 Å². The van der Waals surface area contributed by atoms with Gasteiger partial charge in [-0.15, -0.1) is 0 Å². The molecule has 0 heterocycles. The Bertz CT molecular complexity index is 310. The van der Waals surface area contributed by atoms with Crippen molar-refractivity contribution >= 4 is 0 Å². The minimum absolute atomic E-state index is 0.485. The van der Waals surface area contributed by atoms with E-state index in [2.05, 4.69) is 12.1 Å². The summed E-state index contributed by atoms with van der Waals surface area (Å²) in [5, 5.41) is 10.8. The first-order chi connectivity index (χ1) is 6.82. The van der Waals surface area contributed by atoms with E-state index in [-0.39, 0.29) is 0 Å². The molecule has 1 N–H and O–H groups in total. The second-order valence-electron chi connectivity index (χ2n) is 4.74. The fourth-order valence-corrected chi connectivity index (χ4v) is 2.56. The molecular weight excluding hydrogens is 172 g/mol. The van der Waals surface area contributed by atoms with Crippen LogP contribution in [0.5, 0.6) is 0 Å². The molecule has 1 aromatic carbocycles. The fraction of sp³-hybridized carbons (Fsp3) is 0.538. The molecule has 2 fully saturated rings. The molecule has 14 heavy (non-hydrogen) atoms. The minimum atomic E-state index is -0.485. The maximum absolute atomic E-state index is 10.8. The zero-order chi connectivity index (χ0) is 9.60. The molecule has 0 aromatic heterocycles. The van der Waals surface area contributed by atoms with Crippen molar-refractivity contribution in [3.05, 3.63) is 35.9 Å².